The van der Waals surface area contributed by atoms with Crippen LogP contribution in [0.1, 0.15) is 31.2 Å². The van der Waals surface area contributed by atoms with E-state index >= 15 is 0 Å². The summed E-state index contributed by atoms with van der Waals surface area (Å²) in [7, 11) is 0. The van der Waals surface area contributed by atoms with Crippen LogP contribution >= 0.6 is 15.9 Å². The SMILES string of the molecule is FC(F)C1CCC2(CC1)CNc1ccc(Br)cc12. The standard InChI is InChI=1S/C14H16BrF2N/c15-10-1-2-12-11(7-10)14(8-18-12)5-3-9(4-6-14)13(16)17/h1-2,7,9,13,18H,3-6,8H2. The predicted octanol–water partition coefficient (Wildman–Crippen LogP) is 4.57. The second kappa shape index (κ2) is 4.48. The molecule has 3 rings (SSSR count). The van der Waals surface area contributed by atoms with Gasteiger partial charge in [-0.1, -0.05) is 15.9 Å². The molecule has 1 aromatic carbocycles. The molecule has 1 N–H and O–H groups in total. The van der Waals surface area contributed by atoms with Gasteiger partial charge in [0, 0.05) is 28.0 Å². The molecule has 4 heteroatoms. The number of anilines is 1. The molecule has 0 bridgehead atoms. The van der Waals surface area contributed by atoms with Crippen LogP contribution in [-0.2, 0) is 5.41 Å². The van der Waals surface area contributed by atoms with E-state index in [4.69, 9.17) is 0 Å². The third-order valence-corrected chi connectivity index (χ3v) is 5.01. The van der Waals surface area contributed by atoms with Crippen molar-refractivity contribution in [3.8, 4) is 0 Å². The van der Waals surface area contributed by atoms with Gasteiger partial charge in [-0.05, 0) is 49.4 Å². The zero-order valence-electron chi connectivity index (χ0n) is 10.1. The molecule has 0 saturated heterocycles. The largest absolute Gasteiger partial charge is 0.384 e. The Morgan fingerprint density at radius 2 is 2.00 bits per heavy atom. The number of rotatable bonds is 1. The summed E-state index contributed by atoms with van der Waals surface area (Å²) in [5.74, 6) is -0.396. The lowest BCUT2D eigenvalue weighted by Crippen LogP contribution is -2.35. The average molecular weight is 316 g/mol. The van der Waals surface area contributed by atoms with E-state index in [1.807, 2.05) is 6.07 Å². The Kier molecular flexibility index (Phi) is 3.08. The lowest BCUT2D eigenvalue weighted by Gasteiger charge is -2.37. The summed E-state index contributed by atoms with van der Waals surface area (Å²) in [6.07, 6.45) is 0.881. The number of benzene rings is 1. The first-order valence-electron chi connectivity index (χ1n) is 6.43. The van der Waals surface area contributed by atoms with Crippen molar-refractivity contribution in [2.45, 2.75) is 37.5 Å². The molecule has 18 heavy (non-hydrogen) atoms. The van der Waals surface area contributed by atoms with Gasteiger partial charge in [-0.15, -0.1) is 0 Å². The Balaban J connectivity index is 1.86. The molecular weight excluding hydrogens is 300 g/mol. The minimum absolute atomic E-state index is 0.0878. The van der Waals surface area contributed by atoms with E-state index in [0.29, 0.717) is 12.8 Å². The van der Waals surface area contributed by atoms with Crippen molar-refractivity contribution in [2.24, 2.45) is 5.92 Å². The lowest BCUT2D eigenvalue weighted by molar-refractivity contribution is 0.0430. The van der Waals surface area contributed by atoms with Gasteiger partial charge in [-0.3, -0.25) is 0 Å². The quantitative estimate of drug-likeness (QED) is 0.800. The first-order chi connectivity index (χ1) is 8.61. The van der Waals surface area contributed by atoms with Crippen LogP contribution in [0, 0.1) is 5.92 Å². The monoisotopic (exact) mass is 315 g/mol. The second-order valence-electron chi connectivity index (χ2n) is 5.50. The summed E-state index contributed by atoms with van der Waals surface area (Å²) in [6, 6.07) is 6.25. The van der Waals surface area contributed by atoms with E-state index in [-0.39, 0.29) is 5.41 Å². The van der Waals surface area contributed by atoms with Gasteiger partial charge in [-0.25, -0.2) is 8.78 Å². The van der Waals surface area contributed by atoms with Crippen LogP contribution in [0.2, 0.25) is 0 Å². The van der Waals surface area contributed by atoms with Crippen LogP contribution < -0.4 is 5.32 Å². The van der Waals surface area contributed by atoms with E-state index in [9.17, 15) is 8.78 Å². The minimum atomic E-state index is -2.15. The Labute approximate surface area is 114 Å². The highest BCUT2D eigenvalue weighted by Crippen LogP contribution is 2.49. The Hall–Kier alpha value is -0.640. The second-order valence-corrected chi connectivity index (χ2v) is 6.41. The normalized spacial score (nSPS) is 30.6. The van der Waals surface area contributed by atoms with Crippen molar-refractivity contribution in [1.82, 2.24) is 0 Å². The molecule has 0 unspecified atom stereocenters. The van der Waals surface area contributed by atoms with E-state index in [2.05, 4.69) is 33.4 Å². The highest BCUT2D eigenvalue weighted by molar-refractivity contribution is 9.10. The van der Waals surface area contributed by atoms with Gasteiger partial charge in [0.25, 0.3) is 0 Å². The summed E-state index contributed by atoms with van der Waals surface area (Å²) in [5, 5.41) is 3.42. The maximum Gasteiger partial charge on any atom is 0.241 e. The average Bonchev–Trinajstić information content (AvgIpc) is 2.69. The fourth-order valence-corrected chi connectivity index (χ4v) is 3.72. The maximum absolute atomic E-state index is 12.7. The molecule has 0 atom stereocenters. The number of hydrogen-bond donors (Lipinski definition) is 1. The summed E-state index contributed by atoms with van der Waals surface area (Å²) >= 11 is 3.50. The minimum Gasteiger partial charge on any atom is -0.384 e. The summed E-state index contributed by atoms with van der Waals surface area (Å²) in [4.78, 5) is 0. The lowest BCUT2D eigenvalue weighted by atomic mass is 9.68. The van der Waals surface area contributed by atoms with E-state index < -0.39 is 12.3 Å². The highest BCUT2D eigenvalue weighted by Gasteiger charge is 2.43. The third-order valence-electron chi connectivity index (χ3n) is 4.51. The van der Waals surface area contributed by atoms with Crippen LogP contribution in [0.4, 0.5) is 14.5 Å². The van der Waals surface area contributed by atoms with Crippen LogP contribution in [-0.4, -0.2) is 13.0 Å². The molecule has 1 saturated carbocycles. The first kappa shape index (κ1) is 12.4. The van der Waals surface area contributed by atoms with E-state index in [1.54, 1.807) is 0 Å². The van der Waals surface area contributed by atoms with Gasteiger partial charge < -0.3 is 5.32 Å². The third kappa shape index (κ3) is 1.94. The van der Waals surface area contributed by atoms with Gasteiger partial charge in [-0.2, -0.15) is 0 Å². The van der Waals surface area contributed by atoms with Gasteiger partial charge in [0.2, 0.25) is 6.43 Å². The number of alkyl halides is 2. The van der Waals surface area contributed by atoms with E-state index in [0.717, 1.165) is 23.9 Å². The van der Waals surface area contributed by atoms with Crippen molar-refractivity contribution in [3.05, 3.63) is 28.2 Å². The van der Waals surface area contributed by atoms with Gasteiger partial charge in [0.05, 0.1) is 0 Å². The van der Waals surface area contributed by atoms with Crippen LogP contribution in [0.3, 0.4) is 0 Å². The smallest absolute Gasteiger partial charge is 0.241 e. The number of nitrogens with one attached hydrogen (secondary N) is 1. The molecular formula is C14H16BrF2N. The van der Waals surface area contributed by atoms with Crippen molar-refractivity contribution in [1.29, 1.82) is 0 Å². The number of fused-ring (bicyclic) bond motifs is 2. The van der Waals surface area contributed by atoms with E-state index in [1.165, 1.54) is 11.3 Å². The first-order valence-corrected chi connectivity index (χ1v) is 7.22. The summed E-state index contributed by atoms with van der Waals surface area (Å²) in [6.45, 7) is 0.898. The molecule has 1 aromatic rings. The van der Waals surface area contributed by atoms with Crippen molar-refractivity contribution in [3.63, 3.8) is 0 Å². The molecule has 98 valence electrons. The molecule has 0 aromatic heterocycles. The maximum atomic E-state index is 12.7. The summed E-state index contributed by atoms with van der Waals surface area (Å²) < 4.78 is 26.5. The number of hydrogen-bond acceptors (Lipinski definition) is 1. The Morgan fingerprint density at radius 3 is 2.67 bits per heavy atom. The van der Waals surface area contributed by atoms with Crippen molar-refractivity contribution in [2.75, 3.05) is 11.9 Å². The molecule has 1 aliphatic heterocycles. The van der Waals surface area contributed by atoms with Crippen LogP contribution in [0.25, 0.3) is 0 Å². The van der Waals surface area contributed by atoms with Crippen LogP contribution in [0.5, 0.6) is 0 Å². The molecule has 1 fully saturated rings. The molecule has 0 radical (unpaired) electrons. The fraction of sp³-hybridized carbons (Fsp3) is 0.571. The zero-order chi connectivity index (χ0) is 12.8. The molecule has 1 aliphatic carbocycles. The fourth-order valence-electron chi connectivity index (χ4n) is 3.36. The molecule has 1 spiro atoms. The Morgan fingerprint density at radius 1 is 1.28 bits per heavy atom. The zero-order valence-corrected chi connectivity index (χ0v) is 11.6. The Bertz CT molecular complexity index is 453. The van der Waals surface area contributed by atoms with Gasteiger partial charge >= 0.3 is 0 Å². The highest BCUT2D eigenvalue weighted by atomic mass is 79.9. The van der Waals surface area contributed by atoms with Gasteiger partial charge in [0.1, 0.15) is 0 Å². The molecule has 1 nitrogen and oxygen atoms in total. The van der Waals surface area contributed by atoms with Crippen molar-refractivity contribution >= 4 is 21.6 Å². The van der Waals surface area contributed by atoms with Crippen molar-refractivity contribution < 1.29 is 8.78 Å². The molecule has 1 heterocycles. The van der Waals surface area contributed by atoms with Crippen LogP contribution in [0.15, 0.2) is 22.7 Å². The molecule has 0 amide bonds. The number of halogens is 3. The van der Waals surface area contributed by atoms with Gasteiger partial charge in [0.15, 0.2) is 0 Å². The topological polar surface area (TPSA) is 12.0 Å². The summed E-state index contributed by atoms with van der Waals surface area (Å²) in [5.41, 5.74) is 2.57. The molecule has 2 aliphatic rings. The predicted molar refractivity (Wildman–Crippen MR) is 72.3 cm³/mol.